The molecule has 0 aliphatic heterocycles. The Hall–Kier alpha value is -1.56. The molecule has 5 heteroatoms. The minimum absolute atomic E-state index is 0.383. The zero-order chi connectivity index (χ0) is 16.8. The number of methoxy groups -OCH3 is 2. The zero-order valence-corrected chi connectivity index (χ0v) is 15.0. The van der Waals surface area contributed by atoms with Crippen LogP contribution < -0.4 is 9.47 Å². The fourth-order valence-electron chi connectivity index (χ4n) is 2.57. The molecule has 4 nitrogen and oxygen atoms in total. The van der Waals surface area contributed by atoms with Gasteiger partial charge in [-0.15, -0.1) is 11.3 Å². The topological polar surface area (TPSA) is 41.9 Å². The minimum atomic E-state index is -0.383. The molecule has 0 spiro atoms. The molecule has 0 amide bonds. The van der Waals surface area contributed by atoms with Crippen LogP contribution in [0.15, 0.2) is 29.6 Å². The molecular weight excluding hydrogens is 310 g/mol. The normalized spacial score (nSPS) is 12.4. The molecule has 23 heavy (non-hydrogen) atoms. The fourth-order valence-corrected chi connectivity index (χ4v) is 3.52. The van der Waals surface area contributed by atoms with Gasteiger partial charge in [0.2, 0.25) is 0 Å². The van der Waals surface area contributed by atoms with E-state index in [1.54, 1.807) is 25.6 Å². The summed E-state index contributed by atoms with van der Waals surface area (Å²) < 4.78 is 10.8. The lowest BCUT2D eigenvalue weighted by atomic mass is 10.1. The summed E-state index contributed by atoms with van der Waals surface area (Å²) in [6, 6.07) is 7.94. The average molecular weight is 335 g/mol. The third-order valence-electron chi connectivity index (χ3n) is 3.74. The minimum Gasteiger partial charge on any atom is -0.497 e. The smallest absolute Gasteiger partial charge is 0.123 e. The summed E-state index contributed by atoms with van der Waals surface area (Å²) in [5.41, 5.74) is 2.35. The Bertz CT molecular complexity index is 624. The van der Waals surface area contributed by atoms with Crippen LogP contribution in [0, 0.1) is 6.92 Å². The van der Waals surface area contributed by atoms with Gasteiger partial charge >= 0.3 is 0 Å². The van der Waals surface area contributed by atoms with Crippen molar-refractivity contribution in [1.82, 2.24) is 4.90 Å². The van der Waals surface area contributed by atoms with Gasteiger partial charge in [0.15, 0.2) is 0 Å². The van der Waals surface area contributed by atoms with E-state index in [1.807, 2.05) is 25.1 Å². The van der Waals surface area contributed by atoms with Crippen molar-refractivity contribution in [2.24, 2.45) is 0 Å². The number of ether oxygens (including phenoxy) is 2. The summed E-state index contributed by atoms with van der Waals surface area (Å²) in [5, 5.41) is 11.9. The van der Waals surface area contributed by atoms with E-state index in [-0.39, 0.29) is 6.10 Å². The molecule has 1 unspecified atom stereocenters. The van der Waals surface area contributed by atoms with Crippen molar-refractivity contribution in [3.05, 3.63) is 45.6 Å². The van der Waals surface area contributed by atoms with Gasteiger partial charge in [0, 0.05) is 30.1 Å². The van der Waals surface area contributed by atoms with Gasteiger partial charge in [-0.2, -0.15) is 0 Å². The molecule has 2 aromatic rings. The molecular formula is C18H25NO3S. The molecule has 0 saturated heterocycles. The lowest BCUT2D eigenvalue weighted by Gasteiger charge is -2.24. The van der Waals surface area contributed by atoms with Gasteiger partial charge in [-0.1, -0.05) is 0 Å². The Balaban J connectivity index is 2.21. The first-order valence-electron chi connectivity index (χ1n) is 7.67. The largest absolute Gasteiger partial charge is 0.497 e. The van der Waals surface area contributed by atoms with Crippen molar-refractivity contribution in [3.8, 4) is 11.5 Å². The Morgan fingerprint density at radius 1 is 1.17 bits per heavy atom. The summed E-state index contributed by atoms with van der Waals surface area (Å²) in [6.45, 7) is 6.06. The third kappa shape index (κ3) is 4.96. The lowest BCUT2D eigenvalue weighted by Crippen LogP contribution is -2.30. The number of thiophene rings is 1. The van der Waals surface area contributed by atoms with Gasteiger partial charge in [-0.25, -0.2) is 0 Å². The van der Waals surface area contributed by atoms with E-state index >= 15 is 0 Å². The number of hydrogen-bond acceptors (Lipinski definition) is 5. The molecule has 0 saturated carbocycles. The van der Waals surface area contributed by atoms with Crippen LogP contribution in [-0.4, -0.2) is 36.9 Å². The monoisotopic (exact) mass is 335 g/mol. The number of aliphatic hydroxyl groups is 1. The summed E-state index contributed by atoms with van der Waals surface area (Å²) >= 11 is 1.75. The molecule has 0 aliphatic rings. The molecule has 126 valence electrons. The third-order valence-corrected chi connectivity index (χ3v) is 4.75. The van der Waals surface area contributed by atoms with E-state index < -0.39 is 0 Å². The van der Waals surface area contributed by atoms with Gasteiger partial charge in [-0.3, -0.25) is 4.90 Å². The highest BCUT2D eigenvalue weighted by Gasteiger charge is 2.15. The van der Waals surface area contributed by atoms with E-state index in [0.29, 0.717) is 13.1 Å². The predicted octanol–water partition coefficient (Wildman–Crippen LogP) is 3.46. The standard InChI is InChI=1S/C18H25NO3S/c1-13-7-8-23-18(13)12-19(10-14(2)20)11-15-9-16(21-3)5-6-17(15)22-4/h5-9,14,20H,10-12H2,1-4H3. The van der Waals surface area contributed by atoms with Crippen molar-refractivity contribution >= 4 is 11.3 Å². The van der Waals surface area contributed by atoms with E-state index in [4.69, 9.17) is 9.47 Å². The van der Waals surface area contributed by atoms with Crippen LogP contribution in [0.1, 0.15) is 22.9 Å². The number of aryl methyl sites for hydroxylation is 1. The van der Waals surface area contributed by atoms with Crippen molar-refractivity contribution in [2.75, 3.05) is 20.8 Å². The van der Waals surface area contributed by atoms with E-state index in [1.165, 1.54) is 10.4 Å². The zero-order valence-electron chi connectivity index (χ0n) is 14.2. The number of benzene rings is 1. The first kappa shape index (κ1) is 17.8. The highest BCUT2D eigenvalue weighted by Crippen LogP contribution is 2.27. The van der Waals surface area contributed by atoms with Crippen LogP contribution in [0.2, 0.25) is 0 Å². The Labute approximate surface area is 142 Å². The fraction of sp³-hybridized carbons (Fsp3) is 0.444. The number of hydrogen-bond donors (Lipinski definition) is 1. The summed E-state index contributed by atoms with van der Waals surface area (Å²) in [6.07, 6.45) is -0.383. The number of nitrogens with zero attached hydrogens (tertiary/aromatic N) is 1. The van der Waals surface area contributed by atoms with Gasteiger partial charge in [0.1, 0.15) is 11.5 Å². The maximum atomic E-state index is 9.83. The second-order valence-electron chi connectivity index (χ2n) is 5.72. The molecule has 2 rings (SSSR count). The molecule has 0 fully saturated rings. The molecule has 1 N–H and O–H groups in total. The van der Waals surface area contributed by atoms with Crippen LogP contribution in [-0.2, 0) is 13.1 Å². The number of aliphatic hydroxyl groups excluding tert-OH is 1. The highest BCUT2D eigenvalue weighted by molar-refractivity contribution is 7.10. The van der Waals surface area contributed by atoms with Gasteiger partial charge in [0.05, 0.1) is 20.3 Å². The second-order valence-corrected chi connectivity index (χ2v) is 6.72. The molecule has 1 aromatic carbocycles. The van der Waals surface area contributed by atoms with Gasteiger partial charge in [0.25, 0.3) is 0 Å². The maximum absolute atomic E-state index is 9.83. The highest BCUT2D eigenvalue weighted by atomic mass is 32.1. The molecule has 0 bridgehead atoms. The Kier molecular flexibility index (Phi) is 6.45. The van der Waals surface area contributed by atoms with E-state index in [9.17, 15) is 5.11 Å². The van der Waals surface area contributed by atoms with Gasteiger partial charge in [-0.05, 0) is 49.1 Å². The van der Waals surface area contributed by atoms with Crippen molar-refractivity contribution in [1.29, 1.82) is 0 Å². The van der Waals surface area contributed by atoms with Crippen LogP contribution in [0.5, 0.6) is 11.5 Å². The van der Waals surface area contributed by atoms with Crippen molar-refractivity contribution in [2.45, 2.75) is 33.0 Å². The Morgan fingerprint density at radius 3 is 2.52 bits per heavy atom. The lowest BCUT2D eigenvalue weighted by molar-refractivity contribution is 0.118. The summed E-state index contributed by atoms with van der Waals surface area (Å²) in [5.74, 6) is 1.65. The average Bonchev–Trinajstić information content (AvgIpc) is 2.91. The van der Waals surface area contributed by atoms with Crippen molar-refractivity contribution in [3.63, 3.8) is 0 Å². The number of rotatable bonds is 8. The summed E-state index contributed by atoms with van der Waals surface area (Å²) in [7, 11) is 3.34. The molecule has 0 aliphatic carbocycles. The van der Waals surface area contributed by atoms with Gasteiger partial charge < -0.3 is 14.6 Å². The van der Waals surface area contributed by atoms with Crippen LogP contribution in [0.3, 0.4) is 0 Å². The van der Waals surface area contributed by atoms with Crippen molar-refractivity contribution < 1.29 is 14.6 Å². The summed E-state index contributed by atoms with van der Waals surface area (Å²) in [4.78, 5) is 3.56. The van der Waals surface area contributed by atoms with E-state index in [2.05, 4.69) is 23.3 Å². The van der Waals surface area contributed by atoms with Crippen LogP contribution >= 0.6 is 11.3 Å². The predicted molar refractivity (Wildman–Crippen MR) is 94.4 cm³/mol. The molecule has 0 radical (unpaired) electrons. The first-order chi connectivity index (χ1) is 11.0. The molecule has 1 aromatic heterocycles. The Morgan fingerprint density at radius 2 is 1.96 bits per heavy atom. The maximum Gasteiger partial charge on any atom is 0.123 e. The van der Waals surface area contributed by atoms with E-state index in [0.717, 1.165) is 23.6 Å². The molecule has 1 heterocycles. The second kappa shape index (κ2) is 8.34. The van der Waals surface area contributed by atoms with Crippen LogP contribution in [0.25, 0.3) is 0 Å². The SMILES string of the molecule is COc1ccc(OC)c(CN(Cc2sccc2C)CC(C)O)c1. The quantitative estimate of drug-likeness (QED) is 0.802. The molecule has 1 atom stereocenters. The first-order valence-corrected chi connectivity index (χ1v) is 8.55. The van der Waals surface area contributed by atoms with Crippen LogP contribution in [0.4, 0.5) is 0 Å².